The van der Waals surface area contributed by atoms with Crippen molar-refractivity contribution in [3.63, 3.8) is 0 Å². The van der Waals surface area contributed by atoms with Crippen LogP contribution in [0, 0.1) is 0 Å². The van der Waals surface area contributed by atoms with Gasteiger partial charge in [-0.05, 0) is 0 Å². The Hall–Kier alpha value is 0.880. The summed E-state index contributed by atoms with van der Waals surface area (Å²) in [7, 11) is 0. The van der Waals surface area contributed by atoms with E-state index in [1.165, 1.54) is 0 Å². The Morgan fingerprint density at radius 2 is 0.600 bits per heavy atom. The Balaban J connectivity index is 0. The van der Waals surface area contributed by atoms with Gasteiger partial charge in [-0.2, -0.15) is 0 Å². The molecule has 0 bridgehead atoms. The van der Waals surface area contributed by atoms with E-state index in [0.717, 1.165) is 0 Å². The molecule has 0 atom stereocenters. The fourth-order valence-corrected chi connectivity index (χ4v) is 0. The van der Waals surface area contributed by atoms with Crippen molar-refractivity contribution in [2.45, 2.75) is 0 Å². The fraction of sp³-hybridized carbons (Fsp3) is 0. The summed E-state index contributed by atoms with van der Waals surface area (Å²) in [5, 5.41) is 0. The molecule has 0 aliphatic carbocycles. The van der Waals surface area contributed by atoms with Crippen LogP contribution in [0.4, 0.5) is 0 Å². The van der Waals surface area contributed by atoms with Crippen molar-refractivity contribution >= 4 is 0 Å². The first-order valence-corrected chi connectivity index (χ1v) is 0. The van der Waals surface area contributed by atoms with Gasteiger partial charge in [-0.15, -0.1) is 0 Å². The Labute approximate surface area is 50.2 Å². The fourth-order valence-electron chi connectivity index (χ4n) is 0. The van der Waals surface area contributed by atoms with E-state index in [1.807, 2.05) is 0 Å². The van der Waals surface area contributed by atoms with E-state index in [-0.39, 0.29) is 49.7 Å². The molecule has 5 heavy (non-hydrogen) atoms. The average Bonchev–Trinajstić information content (AvgIpc) is 0. The van der Waals surface area contributed by atoms with Crippen molar-refractivity contribution in [1.82, 2.24) is 0 Å². The summed E-state index contributed by atoms with van der Waals surface area (Å²) in [5.74, 6) is 0. The number of hydrogen-bond donors (Lipinski definition) is 0. The molecule has 1 radical (unpaired) electrons. The molecule has 0 amide bonds. The van der Waals surface area contributed by atoms with Crippen LogP contribution in [0.1, 0.15) is 0 Å². The molecule has 0 unspecified atom stereocenters. The van der Waals surface area contributed by atoms with Gasteiger partial charge in [0.25, 0.3) is 0 Å². The van der Waals surface area contributed by atoms with Gasteiger partial charge in [0.15, 0.2) is 0 Å². The van der Waals surface area contributed by atoms with Crippen LogP contribution >= 0.6 is 0 Å². The second-order valence-electron chi connectivity index (χ2n) is 0. The third kappa shape index (κ3) is 52.3. The molecule has 3 nitrogen and oxygen atoms in total. The van der Waals surface area contributed by atoms with Gasteiger partial charge in [0.1, 0.15) is 0 Å². The molecule has 0 aliphatic rings. The topological polar surface area (TPSA) is 94.5 Å². The second kappa shape index (κ2) is 94.9. The Bertz CT molecular complexity index is 6.85. The quantitative estimate of drug-likeness (QED) is 0.361. The third-order valence-corrected chi connectivity index (χ3v) is 0. The van der Waals surface area contributed by atoms with Gasteiger partial charge >= 0.3 is 0 Å². The van der Waals surface area contributed by atoms with Gasteiger partial charge in [0, 0.05) is 33.3 Å². The Morgan fingerprint density at radius 3 is 0.600 bits per heavy atom. The first-order chi connectivity index (χ1) is 0. The standard InChI is InChI=1S/Co.Ni.3H2O/h;;3*1H2. The van der Waals surface area contributed by atoms with E-state index < -0.39 is 0 Å². The van der Waals surface area contributed by atoms with Crippen LogP contribution < -0.4 is 0 Å². The molecule has 0 aromatic heterocycles. The third-order valence-electron chi connectivity index (χ3n) is 0. The summed E-state index contributed by atoms with van der Waals surface area (Å²) in [6, 6.07) is 0. The van der Waals surface area contributed by atoms with E-state index in [9.17, 15) is 0 Å². The normalized spacial score (nSPS) is 0. The van der Waals surface area contributed by atoms with Crippen molar-refractivity contribution < 1.29 is 49.7 Å². The molecule has 5 heteroatoms. The molecule has 0 heterocycles. The average molecular weight is 172 g/mol. The van der Waals surface area contributed by atoms with Crippen LogP contribution in [0.25, 0.3) is 0 Å². The van der Waals surface area contributed by atoms with Gasteiger partial charge in [-0.1, -0.05) is 0 Å². The van der Waals surface area contributed by atoms with Crippen LogP contribution in [0.15, 0.2) is 0 Å². The maximum absolute atomic E-state index is 0. The molecule has 0 saturated heterocycles. The Kier molecular flexibility index (Phi) is 3430. The largest absolute Gasteiger partial charge is 0.412 e. The zero-order chi connectivity index (χ0) is 0. The molecule has 0 fully saturated rings. The zero-order valence-corrected chi connectivity index (χ0v) is 4.18. The molecule has 0 rings (SSSR count). The SMILES string of the molecule is O.O.O.[Co].[Ni]. The summed E-state index contributed by atoms with van der Waals surface area (Å²) in [6.07, 6.45) is 0. The van der Waals surface area contributed by atoms with Gasteiger partial charge in [0.2, 0.25) is 0 Å². The number of rotatable bonds is 0. The van der Waals surface area contributed by atoms with E-state index >= 15 is 0 Å². The summed E-state index contributed by atoms with van der Waals surface area (Å²) >= 11 is 0. The summed E-state index contributed by atoms with van der Waals surface area (Å²) < 4.78 is 0. The van der Waals surface area contributed by atoms with Crippen LogP contribution in [-0.2, 0) is 33.3 Å². The Morgan fingerprint density at radius 1 is 0.600 bits per heavy atom. The molecule has 43 valence electrons. The summed E-state index contributed by atoms with van der Waals surface area (Å²) in [6.45, 7) is 0. The van der Waals surface area contributed by atoms with Crippen LogP contribution in [-0.4, -0.2) is 16.4 Å². The summed E-state index contributed by atoms with van der Waals surface area (Å²) in [5.41, 5.74) is 0. The smallest absolute Gasteiger partial charge is 0 e. The van der Waals surface area contributed by atoms with Crippen LogP contribution in [0.5, 0.6) is 0 Å². The van der Waals surface area contributed by atoms with Crippen molar-refractivity contribution in [2.24, 2.45) is 0 Å². The predicted molar refractivity (Wildman–Crippen MR) is 10.8 cm³/mol. The van der Waals surface area contributed by atoms with Crippen molar-refractivity contribution in [3.8, 4) is 0 Å². The van der Waals surface area contributed by atoms with Crippen molar-refractivity contribution in [1.29, 1.82) is 0 Å². The minimum absolute atomic E-state index is 0. The first kappa shape index (κ1) is 181. The molecular weight excluding hydrogens is 166 g/mol. The van der Waals surface area contributed by atoms with Crippen LogP contribution in [0.3, 0.4) is 0 Å². The second-order valence-corrected chi connectivity index (χ2v) is 0. The van der Waals surface area contributed by atoms with E-state index in [2.05, 4.69) is 0 Å². The molecule has 0 aromatic rings. The minimum Gasteiger partial charge on any atom is -0.412 e. The molecule has 0 saturated carbocycles. The van der Waals surface area contributed by atoms with E-state index in [0.29, 0.717) is 0 Å². The monoisotopic (exact) mass is 171 g/mol. The predicted octanol–water partition coefficient (Wildman–Crippen LogP) is -2.48. The minimum atomic E-state index is 0. The van der Waals surface area contributed by atoms with Crippen molar-refractivity contribution in [3.05, 3.63) is 0 Å². The van der Waals surface area contributed by atoms with Gasteiger partial charge in [-0.25, -0.2) is 0 Å². The first-order valence-electron chi connectivity index (χ1n) is 0. The van der Waals surface area contributed by atoms with E-state index in [4.69, 9.17) is 0 Å². The molecule has 6 N–H and O–H groups in total. The van der Waals surface area contributed by atoms with Crippen molar-refractivity contribution in [2.75, 3.05) is 0 Å². The van der Waals surface area contributed by atoms with Crippen LogP contribution in [0.2, 0.25) is 0 Å². The van der Waals surface area contributed by atoms with Gasteiger partial charge < -0.3 is 16.4 Å². The maximum Gasteiger partial charge on any atom is 0 e. The van der Waals surface area contributed by atoms with E-state index in [1.54, 1.807) is 0 Å². The molecule has 0 spiro atoms. The molecular formula is H6CoNiO3. The molecule has 0 aliphatic heterocycles. The summed E-state index contributed by atoms with van der Waals surface area (Å²) in [4.78, 5) is 0. The number of hydrogen-bond acceptors (Lipinski definition) is 0. The molecule has 0 aromatic carbocycles. The zero-order valence-electron chi connectivity index (χ0n) is 2.15. The maximum atomic E-state index is 0. The van der Waals surface area contributed by atoms with Gasteiger partial charge in [-0.3, -0.25) is 0 Å². The van der Waals surface area contributed by atoms with Gasteiger partial charge in [0.05, 0.1) is 0 Å².